The second kappa shape index (κ2) is 10.1. The molecule has 0 radical (unpaired) electrons. The predicted octanol–water partition coefficient (Wildman–Crippen LogP) is 2.55. The molecule has 0 spiro atoms. The molecule has 0 aliphatic rings. The molecule has 1 aromatic heterocycles. The highest BCUT2D eigenvalue weighted by molar-refractivity contribution is 7.93. The number of hydrogen-bond acceptors (Lipinski definition) is 7. The molecule has 174 valence electrons. The molecule has 12 heteroatoms. The third-order valence-corrected chi connectivity index (χ3v) is 9.58. The lowest BCUT2D eigenvalue weighted by Crippen LogP contribution is -2.29. The lowest BCUT2D eigenvalue weighted by atomic mass is 10.2. The lowest BCUT2D eigenvalue weighted by molar-refractivity contribution is 0.0956. The van der Waals surface area contributed by atoms with E-state index < -0.39 is 25.8 Å². The van der Waals surface area contributed by atoms with E-state index in [0.29, 0.717) is 10.4 Å². The summed E-state index contributed by atoms with van der Waals surface area (Å²) in [7, 11) is -7.63. The Morgan fingerprint density at radius 3 is 2.09 bits per heavy atom. The molecule has 0 saturated carbocycles. The van der Waals surface area contributed by atoms with Gasteiger partial charge >= 0.3 is 6.09 Å². The van der Waals surface area contributed by atoms with E-state index in [-0.39, 0.29) is 38.7 Å². The first-order valence-corrected chi connectivity index (χ1v) is 13.5. The van der Waals surface area contributed by atoms with Crippen LogP contribution < -0.4 is 10.6 Å². The van der Waals surface area contributed by atoms with Crippen molar-refractivity contribution in [2.45, 2.75) is 20.5 Å². The van der Waals surface area contributed by atoms with Crippen LogP contribution in [0.4, 0.5) is 4.79 Å². The van der Waals surface area contributed by atoms with E-state index in [9.17, 15) is 26.4 Å². The van der Waals surface area contributed by atoms with Crippen LogP contribution in [0.2, 0.25) is 0 Å². The summed E-state index contributed by atoms with van der Waals surface area (Å²) in [6.45, 7) is -0.119. The van der Waals surface area contributed by atoms with Gasteiger partial charge in [-0.3, -0.25) is 4.79 Å². The van der Waals surface area contributed by atoms with Crippen LogP contribution in [0.3, 0.4) is 0 Å². The average Bonchev–Trinajstić information content (AvgIpc) is 3.28. The van der Waals surface area contributed by atoms with Gasteiger partial charge in [-0.25, -0.2) is 21.6 Å². The van der Waals surface area contributed by atoms with Gasteiger partial charge < -0.3 is 15.7 Å². The summed E-state index contributed by atoms with van der Waals surface area (Å²) in [6, 6.07) is 16.1. The van der Waals surface area contributed by atoms with Gasteiger partial charge in [-0.2, -0.15) is 0 Å². The van der Waals surface area contributed by atoms with Crippen molar-refractivity contribution in [2.24, 2.45) is 0 Å². The summed E-state index contributed by atoms with van der Waals surface area (Å²) >= 11 is 0.926. The largest absolute Gasteiger partial charge is 0.465 e. The van der Waals surface area contributed by atoms with Gasteiger partial charge in [0, 0.05) is 17.0 Å². The topological polar surface area (TPSA) is 147 Å². The van der Waals surface area contributed by atoms with Crippen molar-refractivity contribution in [1.29, 1.82) is 0 Å². The third kappa shape index (κ3) is 6.18. The molecule has 2 amide bonds. The number of nitrogens with one attached hydrogen (secondary N) is 2. The molecule has 9 nitrogen and oxygen atoms in total. The molecule has 0 fully saturated rings. The number of sulfone groups is 2. The van der Waals surface area contributed by atoms with Gasteiger partial charge in [0.2, 0.25) is 9.84 Å². The Balaban J connectivity index is 1.65. The second-order valence-corrected chi connectivity index (χ2v) is 12.2. The first-order chi connectivity index (χ1) is 15.6. The number of carboxylic acid groups (broad SMARTS) is 1. The second-order valence-electron chi connectivity index (χ2n) is 6.80. The molecule has 33 heavy (non-hydrogen) atoms. The summed E-state index contributed by atoms with van der Waals surface area (Å²) in [6.07, 6.45) is -1.22. The van der Waals surface area contributed by atoms with Gasteiger partial charge in [0.1, 0.15) is 4.21 Å². The molecule has 0 aliphatic carbocycles. The van der Waals surface area contributed by atoms with Gasteiger partial charge in [0.25, 0.3) is 5.91 Å². The summed E-state index contributed by atoms with van der Waals surface area (Å²) in [5.41, 5.74) is 0.417. The van der Waals surface area contributed by atoms with E-state index in [0.717, 1.165) is 11.3 Å². The Labute approximate surface area is 194 Å². The van der Waals surface area contributed by atoms with Crippen molar-refractivity contribution >= 4 is 43.0 Å². The van der Waals surface area contributed by atoms with Crippen LogP contribution in [-0.2, 0) is 26.2 Å². The predicted molar refractivity (Wildman–Crippen MR) is 122 cm³/mol. The maximum atomic E-state index is 12.8. The van der Waals surface area contributed by atoms with Crippen LogP contribution >= 0.6 is 11.3 Å². The normalized spacial score (nSPS) is 11.6. The summed E-state index contributed by atoms with van der Waals surface area (Å²) in [5, 5.41) is 13.4. The number of carbonyl (C=O) groups is 2. The van der Waals surface area contributed by atoms with Crippen LogP contribution in [0.1, 0.15) is 15.2 Å². The maximum absolute atomic E-state index is 12.8. The lowest BCUT2D eigenvalue weighted by Gasteiger charge is -2.08. The van der Waals surface area contributed by atoms with Gasteiger partial charge in [-0.15, -0.1) is 11.3 Å². The zero-order chi connectivity index (χ0) is 24.1. The minimum absolute atomic E-state index is 0.0175. The van der Waals surface area contributed by atoms with Crippen molar-refractivity contribution in [3.8, 4) is 0 Å². The molecule has 2 aromatic carbocycles. The zero-order valence-electron chi connectivity index (χ0n) is 17.1. The Bertz CT molecular complexity index is 1350. The van der Waals surface area contributed by atoms with Gasteiger partial charge in [-0.05, 0) is 48.5 Å². The zero-order valence-corrected chi connectivity index (χ0v) is 19.5. The molecule has 0 bridgehead atoms. The number of hydrogen-bond donors (Lipinski definition) is 3. The molecule has 0 saturated heterocycles. The Hall–Kier alpha value is -3.22. The van der Waals surface area contributed by atoms with Crippen LogP contribution in [0.25, 0.3) is 0 Å². The highest BCUT2D eigenvalue weighted by Gasteiger charge is 2.22. The smallest absolute Gasteiger partial charge is 0.404 e. The highest BCUT2D eigenvalue weighted by Crippen LogP contribution is 2.28. The average molecular weight is 509 g/mol. The Morgan fingerprint density at radius 1 is 0.818 bits per heavy atom. The molecule has 0 atom stereocenters. The number of thiophene rings is 1. The van der Waals surface area contributed by atoms with E-state index in [4.69, 9.17) is 5.11 Å². The fraction of sp³-hybridized carbons (Fsp3) is 0.143. The SMILES string of the molecule is O=C(O)NCc1ccc(S(=O)(=O)c2ccc(S(=O)(=O)CCNC(=O)c3ccccc3)cc2)s1. The highest BCUT2D eigenvalue weighted by atomic mass is 32.2. The summed E-state index contributed by atoms with van der Waals surface area (Å²) in [4.78, 5) is 23.0. The molecule has 3 aromatic rings. The first kappa shape index (κ1) is 24.4. The monoisotopic (exact) mass is 508 g/mol. The minimum Gasteiger partial charge on any atom is -0.465 e. The van der Waals surface area contributed by atoms with Crippen LogP contribution in [0.15, 0.2) is 80.7 Å². The maximum Gasteiger partial charge on any atom is 0.404 e. The van der Waals surface area contributed by atoms with Crippen molar-refractivity contribution < 1.29 is 31.5 Å². The van der Waals surface area contributed by atoms with E-state index in [1.54, 1.807) is 30.3 Å². The molecule has 3 N–H and O–H groups in total. The van der Waals surface area contributed by atoms with E-state index in [2.05, 4.69) is 10.6 Å². The van der Waals surface area contributed by atoms with Crippen molar-refractivity contribution in [2.75, 3.05) is 12.3 Å². The van der Waals surface area contributed by atoms with Crippen LogP contribution in [-0.4, -0.2) is 46.2 Å². The van der Waals surface area contributed by atoms with Crippen LogP contribution in [0, 0.1) is 0 Å². The molecular formula is C21H20N2O7S3. The fourth-order valence-electron chi connectivity index (χ4n) is 2.81. The summed E-state index contributed by atoms with van der Waals surface area (Å²) in [5.74, 6) is -0.733. The van der Waals surface area contributed by atoms with Gasteiger partial charge in [0.05, 0.1) is 22.1 Å². The first-order valence-electron chi connectivity index (χ1n) is 9.56. The quantitative estimate of drug-likeness (QED) is 0.402. The number of benzene rings is 2. The van der Waals surface area contributed by atoms with E-state index in [1.165, 1.54) is 36.4 Å². The molecular weight excluding hydrogens is 488 g/mol. The van der Waals surface area contributed by atoms with Crippen molar-refractivity contribution in [3.05, 3.63) is 77.2 Å². The molecule has 0 unspecified atom stereocenters. The van der Waals surface area contributed by atoms with Gasteiger partial charge in [-0.1, -0.05) is 18.2 Å². The Kier molecular flexibility index (Phi) is 7.51. The third-order valence-electron chi connectivity index (χ3n) is 4.50. The van der Waals surface area contributed by atoms with Crippen LogP contribution in [0.5, 0.6) is 0 Å². The molecule has 0 aliphatic heterocycles. The standard InChI is InChI=1S/C21H20N2O7S3/c24-20(15-4-2-1-3-5-15)22-12-13-32(27,28)17-7-9-18(10-8-17)33(29,30)19-11-6-16(31-19)14-23-21(25)26/h1-11,23H,12-14H2,(H,22,24)(H,25,26). The number of amides is 2. The number of rotatable bonds is 9. The summed E-state index contributed by atoms with van der Waals surface area (Å²) < 4.78 is 50.7. The van der Waals surface area contributed by atoms with Crippen molar-refractivity contribution in [1.82, 2.24) is 10.6 Å². The Morgan fingerprint density at radius 2 is 1.45 bits per heavy atom. The minimum atomic E-state index is -3.89. The van der Waals surface area contributed by atoms with Gasteiger partial charge in [0.15, 0.2) is 9.84 Å². The van der Waals surface area contributed by atoms with E-state index >= 15 is 0 Å². The fourth-order valence-corrected chi connectivity index (χ4v) is 6.67. The molecule has 3 rings (SSSR count). The molecule has 1 heterocycles. The van der Waals surface area contributed by atoms with E-state index in [1.807, 2.05) is 0 Å². The number of carbonyl (C=O) groups excluding carboxylic acids is 1. The van der Waals surface area contributed by atoms with Crippen molar-refractivity contribution in [3.63, 3.8) is 0 Å².